The Morgan fingerprint density at radius 1 is 1.54 bits per heavy atom. The predicted molar refractivity (Wildman–Crippen MR) is 85.5 cm³/mol. The Bertz CT molecular complexity index is 799. The molecule has 3 rings (SSSR count). The molecule has 8 heteroatoms. The maximum atomic E-state index is 11.7. The van der Waals surface area contributed by atoms with Crippen LogP contribution >= 0.6 is 0 Å². The zero-order valence-electron chi connectivity index (χ0n) is 13.5. The molecular formula is C16H18N4O4. The first-order valence-electron chi connectivity index (χ1n) is 7.57. The molecule has 1 aliphatic rings. The number of fused-ring (bicyclic) bond motifs is 1. The van der Waals surface area contributed by atoms with E-state index >= 15 is 0 Å². The van der Waals surface area contributed by atoms with Crippen LogP contribution in [0.4, 0.5) is 5.69 Å². The SMILES string of the molecule is COC(=O)C1Cc2c(ncn2Cc2ccc([N+](=O)[O-])c(C)c2)CN1. The quantitative estimate of drug-likeness (QED) is 0.516. The van der Waals surface area contributed by atoms with Gasteiger partial charge in [0.2, 0.25) is 0 Å². The Morgan fingerprint density at radius 3 is 3.00 bits per heavy atom. The van der Waals surface area contributed by atoms with E-state index in [0.29, 0.717) is 25.1 Å². The van der Waals surface area contributed by atoms with Crippen LogP contribution in [0.5, 0.6) is 0 Å². The molecule has 2 aromatic rings. The van der Waals surface area contributed by atoms with E-state index in [2.05, 4.69) is 10.3 Å². The van der Waals surface area contributed by atoms with Crippen LogP contribution in [0.25, 0.3) is 0 Å². The number of carbonyl (C=O) groups excluding carboxylic acids is 1. The lowest BCUT2D eigenvalue weighted by Crippen LogP contribution is -2.43. The summed E-state index contributed by atoms with van der Waals surface area (Å²) in [5.74, 6) is -0.292. The Morgan fingerprint density at radius 2 is 2.33 bits per heavy atom. The van der Waals surface area contributed by atoms with Gasteiger partial charge in [0.05, 0.1) is 24.1 Å². The number of methoxy groups -OCH3 is 1. The number of nitrogens with zero attached hydrogens (tertiary/aromatic N) is 3. The number of rotatable bonds is 4. The fourth-order valence-electron chi connectivity index (χ4n) is 2.98. The monoisotopic (exact) mass is 330 g/mol. The summed E-state index contributed by atoms with van der Waals surface area (Å²) >= 11 is 0. The molecule has 0 saturated carbocycles. The van der Waals surface area contributed by atoms with Gasteiger partial charge in [-0.1, -0.05) is 6.07 Å². The summed E-state index contributed by atoms with van der Waals surface area (Å²) in [5.41, 5.74) is 3.59. The van der Waals surface area contributed by atoms with Gasteiger partial charge in [0.15, 0.2) is 0 Å². The maximum Gasteiger partial charge on any atom is 0.323 e. The Hall–Kier alpha value is -2.74. The van der Waals surface area contributed by atoms with Gasteiger partial charge in [-0.3, -0.25) is 20.2 Å². The Kier molecular flexibility index (Phi) is 4.30. The molecule has 0 fully saturated rings. The smallest absolute Gasteiger partial charge is 0.323 e. The Balaban J connectivity index is 1.83. The van der Waals surface area contributed by atoms with E-state index in [1.54, 1.807) is 19.3 Å². The number of hydrogen-bond acceptors (Lipinski definition) is 6. The minimum absolute atomic E-state index is 0.112. The highest BCUT2D eigenvalue weighted by molar-refractivity contribution is 5.76. The number of nitro benzene ring substituents is 1. The van der Waals surface area contributed by atoms with Gasteiger partial charge in [0.25, 0.3) is 5.69 Å². The van der Waals surface area contributed by atoms with Crippen LogP contribution in [0.2, 0.25) is 0 Å². The number of imidazole rings is 1. The molecule has 0 bridgehead atoms. The van der Waals surface area contributed by atoms with Crippen molar-refractivity contribution in [2.75, 3.05) is 7.11 Å². The van der Waals surface area contributed by atoms with Crippen molar-refractivity contribution < 1.29 is 14.5 Å². The van der Waals surface area contributed by atoms with Gasteiger partial charge in [-0.15, -0.1) is 0 Å². The van der Waals surface area contributed by atoms with Crippen molar-refractivity contribution >= 4 is 11.7 Å². The lowest BCUT2D eigenvalue weighted by molar-refractivity contribution is -0.385. The molecule has 1 aromatic carbocycles. The van der Waals surface area contributed by atoms with Crippen LogP contribution in [0, 0.1) is 17.0 Å². The van der Waals surface area contributed by atoms with Gasteiger partial charge in [0.1, 0.15) is 6.04 Å². The van der Waals surface area contributed by atoms with Crippen molar-refractivity contribution in [3.8, 4) is 0 Å². The van der Waals surface area contributed by atoms with Gasteiger partial charge >= 0.3 is 5.97 Å². The summed E-state index contributed by atoms with van der Waals surface area (Å²) in [6, 6.07) is 4.70. The highest BCUT2D eigenvalue weighted by Gasteiger charge is 2.28. The van der Waals surface area contributed by atoms with Crippen LogP contribution in [0.1, 0.15) is 22.5 Å². The van der Waals surface area contributed by atoms with Crippen molar-refractivity contribution in [1.29, 1.82) is 0 Å². The lowest BCUT2D eigenvalue weighted by Gasteiger charge is -2.22. The second kappa shape index (κ2) is 6.40. The van der Waals surface area contributed by atoms with E-state index in [0.717, 1.165) is 17.0 Å². The first-order chi connectivity index (χ1) is 11.5. The van der Waals surface area contributed by atoms with Crippen LogP contribution in [-0.2, 0) is 29.0 Å². The molecule has 1 aliphatic heterocycles. The minimum atomic E-state index is -0.384. The third-order valence-electron chi connectivity index (χ3n) is 4.24. The van der Waals surface area contributed by atoms with Crippen LogP contribution in [0.15, 0.2) is 24.5 Å². The number of hydrogen-bond donors (Lipinski definition) is 1. The second-order valence-corrected chi connectivity index (χ2v) is 5.80. The summed E-state index contributed by atoms with van der Waals surface area (Å²) in [7, 11) is 1.37. The number of nitro groups is 1. The highest BCUT2D eigenvalue weighted by atomic mass is 16.6. The van der Waals surface area contributed by atoms with E-state index in [1.807, 2.05) is 10.6 Å². The molecule has 0 aliphatic carbocycles. The van der Waals surface area contributed by atoms with Crippen molar-refractivity contribution in [3.05, 3.63) is 57.2 Å². The summed E-state index contributed by atoms with van der Waals surface area (Å²) in [5, 5.41) is 14.0. The number of nitrogens with one attached hydrogen (secondary N) is 1. The molecule has 0 radical (unpaired) electrons. The third-order valence-corrected chi connectivity index (χ3v) is 4.24. The van der Waals surface area contributed by atoms with E-state index in [-0.39, 0.29) is 22.6 Å². The topological polar surface area (TPSA) is 99.3 Å². The molecule has 1 aromatic heterocycles. The maximum absolute atomic E-state index is 11.7. The summed E-state index contributed by atoms with van der Waals surface area (Å²) in [6.07, 6.45) is 2.25. The number of esters is 1. The zero-order valence-corrected chi connectivity index (χ0v) is 13.5. The number of aromatic nitrogens is 2. The zero-order chi connectivity index (χ0) is 17.3. The molecule has 1 atom stereocenters. The largest absolute Gasteiger partial charge is 0.468 e. The first-order valence-corrected chi connectivity index (χ1v) is 7.57. The molecule has 126 valence electrons. The van der Waals surface area contributed by atoms with Gasteiger partial charge in [0, 0.05) is 36.8 Å². The molecule has 0 saturated heterocycles. The van der Waals surface area contributed by atoms with Crippen LogP contribution < -0.4 is 5.32 Å². The molecular weight excluding hydrogens is 312 g/mol. The summed E-state index contributed by atoms with van der Waals surface area (Å²) < 4.78 is 6.77. The predicted octanol–water partition coefficient (Wildman–Crippen LogP) is 1.34. The van der Waals surface area contributed by atoms with E-state index in [1.165, 1.54) is 13.2 Å². The lowest BCUT2D eigenvalue weighted by atomic mass is 10.0. The first kappa shape index (κ1) is 16.1. The Labute approximate surface area is 138 Å². The number of benzene rings is 1. The third kappa shape index (κ3) is 3.00. The molecule has 0 spiro atoms. The van der Waals surface area contributed by atoms with E-state index in [4.69, 9.17) is 4.74 Å². The van der Waals surface area contributed by atoms with Crippen molar-refractivity contribution in [2.24, 2.45) is 0 Å². The fourth-order valence-corrected chi connectivity index (χ4v) is 2.98. The van der Waals surface area contributed by atoms with Crippen LogP contribution in [-0.4, -0.2) is 33.6 Å². The molecule has 1 N–H and O–H groups in total. The molecule has 0 amide bonds. The minimum Gasteiger partial charge on any atom is -0.468 e. The summed E-state index contributed by atoms with van der Waals surface area (Å²) in [6.45, 7) is 2.79. The average Bonchev–Trinajstić information content (AvgIpc) is 2.96. The highest BCUT2D eigenvalue weighted by Crippen LogP contribution is 2.21. The number of aryl methyl sites for hydroxylation is 1. The van der Waals surface area contributed by atoms with E-state index < -0.39 is 0 Å². The van der Waals surface area contributed by atoms with Gasteiger partial charge in [-0.05, 0) is 18.6 Å². The molecule has 2 heterocycles. The fraction of sp³-hybridized carbons (Fsp3) is 0.375. The van der Waals surface area contributed by atoms with Crippen molar-refractivity contribution in [3.63, 3.8) is 0 Å². The number of carbonyl (C=O) groups is 1. The van der Waals surface area contributed by atoms with Crippen LogP contribution in [0.3, 0.4) is 0 Å². The summed E-state index contributed by atoms with van der Waals surface area (Å²) in [4.78, 5) is 26.6. The molecule has 24 heavy (non-hydrogen) atoms. The second-order valence-electron chi connectivity index (χ2n) is 5.80. The average molecular weight is 330 g/mol. The van der Waals surface area contributed by atoms with Crippen molar-refractivity contribution in [2.45, 2.75) is 32.5 Å². The van der Waals surface area contributed by atoms with Gasteiger partial charge < -0.3 is 9.30 Å². The van der Waals surface area contributed by atoms with Crippen molar-refractivity contribution in [1.82, 2.24) is 14.9 Å². The van der Waals surface area contributed by atoms with Gasteiger partial charge in [-0.25, -0.2) is 4.98 Å². The standard InChI is InChI=1S/C16H18N4O4/c1-10-5-11(3-4-14(10)20(22)23)8-19-9-18-13-7-17-12(6-15(13)19)16(21)24-2/h3-5,9,12,17H,6-8H2,1-2H3. The molecule has 8 nitrogen and oxygen atoms in total. The number of ether oxygens (including phenoxy) is 1. The normalized spacial score (nSPS) is 16.5. The van der Waals surface area contributed by atoms with Gasteiger partial charge in [-0.2, -0.15) is 0 Å². The molecule has 1 unspecified atom stereocenters. The van der Waals surface area contributed by atoms with E-state index in [9.17, 15) is 14.9 Å².